The zero-order valence-corrected chi connectivity index (χ0v) is 14.2. The van der Waals surface area contributed by atoms with Crippen molar-refractivity contribution < 1.29 is 9.47 Å². The van der Waals surface area contributed by atoms with Gasteiger partial charge >= 0.3 is 0 Å². The molecule has 0 atom stereocenters. The average molecular weight is 377 g/mol. The summed E-state index contributed by atoms with van der Waals surface area (Å²) < 4.78 is 12.2. The monoisotopic (exact) mass is 376 g/mol. The Morgan fingerprint density at radius 2 is 1.96 bits per heavy atom. The third-order valence-electron chi connectivity index (χ3n) is 2.91. The molecule has 120 valence electrons. The Kier molecular flexibility index (Phi) is 5.99. The molecular weight excluding hydrogens is 360 g/mol. The highest BCUT2D eigenvalue weighted by atomic mass is 79.9. The van der Waals surface area contributed by atoms with E-state index in [0.717, 1.165) is 15.6 Å². The van der Waals surface area contributed by atoms with Gasteiger partial charge in [-0.1, -0.05) is 34.1 Å². The summed E-state index contributed by atoms with van der Waals surface area (Å²) in [7, 11) is 1.58. The normalized spacial score (nSPS) is 10.5. The molecule has 0 aromatic heterocycles. The molecule has 0 spiro atoms. The zero-order valence-electron chi connectivity index (χ0n) is 12.6. The van der Waals surface area contributed by atoms with Gasteiger partial charge in [-0.25, -0.2) is 0 Å². The smallest absolute Gasteiger partial charge is 0.211 e. The second kappa shape index (κ2) is 8.19. The molecule has 4 N–H and O–H groups in total. The van der Waals surface area contributed by atoms with Gasteiger partial charge < -0.3 is 20.9 Å². The molecule has 0 aliphatic carbocycles. The Labute approximate surface area is 142 Å². The van der Waals surface area contributed by atoms with Gasteiger partial charge in [-0.05, 0) is 29.8 Å². The van der Waals surface area contributed by atoms with Crippen LogP contribution < -0.4 is 20.9 Å². The molecule has 2 aromatic carbocycles. The first-order valence-corrected chi connectivity index (χ1v) is 7.55. The number of ether oxygens (including phenoxy) is 2. The summed E-state index contributed by atoms with van der Waals surface area (Å²) in [6, 6.07) is 13.3. The van der Waals surface area contributed by atoms with Crippen LogP contribution in [-0.2, 0) is 6.61 Å². The van der Waals surface area contributed by atoms with E-state index in [9.17, 15) is 0 Å². The third-order valence-corrected chi connectivity index (χ3v) is 3.68. The van der Waals surface area contributed by atoms with Crippen LogP contribution in [0, 0.1) is 0 Å². The Balaban J connectivity index is 2.12. The average Bonchev–Trinajstić information content (AvgIpc) is 2.54. The predicted molar refractivity (Wildman–Crippen MR) is 94.9 cm³/mol. The summed E-state index contributed by atoms with van der Waals surface area (Å²) in [5, 5.41) is 7.31. The summed E-state index contributed by atoms with van der Waals surface area (Å²) in [5.41, 5.74) is 12.3. The summed E-state index contributed by atoms with van der Waals surface area (Å²) in [6.07, 6.45) is 1.53. The van der Waals surface area contributed by atoms with Crippen molar-refractivity contribution in [2.24, 2.45) is 21.7 Å². The topological polar surface area (TPSA) is 95.2 Å². The van der Waals surface area contributed by atoms with E-state index in [0.29, 0.717) is 18.1 Å². The Bertz CT molecular complexity index is 728. The number of benzene rings is 2. The van der Waals surface area contributed by atoms with E-state index < -0.39 is 0 Å². The van der Waals surface area contributed by atoms with E-state index in [2.05, 4.69) is 26.1 Å². The predicted octanol–water partition coefficient (Wildman–Crippen LogP) is 2.64. The maximum absolute atomic E-state index is 5.83. The molecule has 7 heteroatoms. The summed E-state index contributed by atoms with van der Waals surface area (Å²) >= 11 is 3.50. The molecule has 0 bridgehead atoms. The van der Waals surface area contributed by atoms with Gasteiger partial charge in [-0.3, -0.25) is 0 Å². The minimum Gasteiger partial charge on any atom is -0.493 e. The van der Waals surface area contributed by atoms with Crippen LogP contribution in [0.2, 0.25) is 0 Å². The van der Waals surface area contributed by atoms with Gasteiger partial charge in [0.15, 0.2) is 11.5 Å². The van der Waals surface area contributed by atoms with Crippen molar-refractivity contribution in [1.29, 1.82) is 0 Å². The van der Waals surface area contributed by atoms with E-state index in [1.807, 2.05) is 36.4 Å². The largest absolute Gasteiger partial charge is 0.493 e. The molecule has 2 rings (SSSR count). The van der Waals surface area contributed by atoms with Crippen molar-refractivity contribution in [2.75, 3.05) is 7.11 Å². The van der Waals surface area contributed by atoms with E-state index in [4.69, 9.17) is 20.9 Å². The lowest BCUT2D eigenvalue weighted by Crippen LogP contribution is -2.21. The number of halogens is 1. The van der Waals surface area contributed by atoms with Crippen LogP contribution in [0.4, 0.5) is 0 Å². The standard InChI is InChI=1S/C16H17BrN4O2/c1-22-15-8-11(9-20-21-16(18)19)6-7-14(15)23-10-12-4-2-3-5-13(12)17/h2-9H,10H2,1H3,(H4,18,19,21). The zero-order chi connectivity index (χ0) is 16.7. The van der Waals surface area contributed by atoms with Crippen LogP contribution in [0.15, 0.2) is 57.1 Å². The van der Waals surface area contributed by atoms with Gasteiger partial charge in [0.1, 0.15) is 6.61 Å². The van der Waals surface area contributed by atoms with Gasteiger partial charge in [0, 0.05) is 10.0 Å². The maximum Gasteiger partial charge on any atom is 0.211 e. The van der Waals surface area contributed by atoms with E-state index >= 15 is 0 Å². The lowest BCUT2D eigenvalue weighted by Gasteiger charge is -2.12. The number of hydrogen-bond donors (Lipinski definition) is 2. The SMILES string of the molecule is COc1cc(C=NN=C(N)N)ccc1OCc1ccccc1Br. The van der Waals surface area contributed by atoms with Crippen LogP contribution in [0.3, 0.4) is 0 Å². The summed E-state index contributed by atoms with van der Waals surface area (Å²) in [5.74, 6) is 1.15. The molecule has 0 radical (unpaired) electrons. The minimum atomic E-state index is -0.0957. The highest BCUT2D eigenvalue weighted by Crippen LogP contribution is 2.29. The van der Waals surface area contributed by atoms with E-state index in [-0.39, 0.29) is 5.96 Å². The number of methoxy groups -OCH3 is 1. The molecule has 0 aliphatic heterocycles. The molecule has 0 fully saturated rings. The number of hydrogen-bond acceptors (Lipinski definition) is 4. The first kappa shape index (κ1) is 16.8. The van der Waals surface area contributed by atoms with Gasteiger partial charge in [-0.2, -0.15) is 5.10 Å². The van der Waals surface area contributed by atoms with Gasteiger partial charge in [0.05, 0.1) is 13.3 Å². The van der Waals surface area contributed by atoms with Crippen molar-refractivity contribution in [3.63, 3.8) is 0 Å². The molecule has 6 nitrogen and oxygen atoms in total. The first-order chi connectivity index (χ1) is 11.1. The lowest BCUT2D eigenvalue weighted by molar-refractivity contribution is 0.284. The highest BCUT2D eigenvalue weighted by Gasteiger charge is 2.07. The van der Waals surface area contributed by atoms with Crippen LogP contribution in [0.5, 0.6) is 11.5 Å². The van der Waals surface area contributed by atoms with Crippen LogP contribution in [-0.4, -0.2) is 19.3 Å². The Morgan fingerprint density at radius 3 is 2.65 bits per heavy atom. The van der Waals surface area contributed by atoms with Crippen molar-refractivity contribution in [1.82, 2.24) is 0 Å². The second-order valence-corrected chi connectivity index (χ2v) is 5.41. The van der Waals surface area contributed by atoms with E-state index in [1.54, 1.807) is 13.2 Å². The molecule has 0 saturated carbocycles. The van der Waals surface area contributed by atoms with Crippen LogP contribution in [0.25, 0.3) is 0 Å². The quantitative estimate of drug-likeness (QED) is 0.460. The highest BCUT2D eigenvalue weighted by molar-refractivity contribution is 9.10. The fourth-order valence-electron chi connectivity index (χ4n) is 1.82. The van der Waals surface area contributed by atoms with Gasteiger partial charge in [0.25, 0.3) is 0 Å². The van der Waals surface area contributed by atoms with Crippen molar-refractivity contribution in [3.8, 4) is 11.5 Å². The molecule has 0 unspecified atom stereocenters. The third kappa shape index (κ3) is 5.00. The number of nitrogens with zero attached hydrogens (tertiary/aromatic N) is 2. The second-order valence-electron chi connectivity index (χ2n) is 4.56. The van der Waals surface area contributed by atoms with Crippen LogP contribution in [0.1, 0.15) is 11.1 Å². The maximum atomic E-state index is 5.83. The molecule has 2 aromatic rings. The van der Waals surface area contributed by atoms with Crippen molar-refractivity contribution in [3.05, 3.63) is 58.1 Å². The molecular formula is C16H17BrN4O2. The van der Waals surface area contributed by atoms with Crippen molar-refractivity contribution in [2.45, 2.75) is 6.61 Å². The molecule has 23 heavy (non-hydrogen) atoms. The molecule has 0 aliphatic rings. The van der Waals surface area contributed by atoms with E-state index in [1.165, 1.54) is 6.21 Å². The van der Waals surface area contributed by atoms with Crippen molar-refractivity contribution >= 4 is 28.1 Å². The minimum absolute atomic E-state index is 0.0957. The summed E-state index contributed by atoms with van der Waals surface area (Å²) in [4.78, 5) is 0. The fourth-order valence-corrected chi connectivity index (χ4v) is 2.22. The fraction of sp³-hybridized carbons (Fsp3) is 0.125. The van der Waals surface area contributed by atoms with Gasteiger partial charge in [0.2, 0.25) is 5.96 Å². The number of rotatable bonds is 6. The lowest BCUT2D eigenvalue weighted by atomic mass is 10.2. The summed E-state index contributed by atoms with van der Waals surface area (Å²) in [6.45, 7) is 0.430. The molecule has 0 amide bonds. The molecule has 0 saturated heterocycles. The molecule has 0 heterocycles. The number of nitrogens with two attached hydrogens (primary N) is 2. The Morgan fingerprint density at radius 1 is 1.17 bits per heavy atom. The number of guanidine groups is 1. The van der Waals surface area contributed by atoms with Crippen LogP contribution >= 0.6 is 15.9 Å². The van der Waals surface area contributed by atoms with Gasteiger partial charge in [-0.15, -0.1) is 5.10 Å². The first-order valence-electron chi connectivity index (χ1n) is 6.76. The Hall–Kier alpha value is -2.54.